The molecular formula is C35H36FN3O4S. The van der Waals surface area contributed by atoms with Crippen LogP contribution in [0.3, 0.4) is 0 Å². The standard InChI is InChI=1S/C35H36FN3O4S/c36-29-20-22-32(23-21-29)44(42,43)39(31-18-8-3-9-19-31)26-34(40)38(25-28-14-6-2-7-15-28)33(24-27-12-4-1-5-13-27)35(41)37-30-16-10-11-17-30/h1-9,12-15,18-23,30,33H,10-11,16-17,24-26H2,(H,37,41)/t33-/m0/s1. The second-order valence-electron chi connectivity index (χ2n) is 11.0. The summed E-state index contributed by atoms with van der Waals surface area (Å²) < 4.78 is 42.6. The molecule has 2 amide bonds. The smallest absolute Gasteiger partial charge is 0.264 e. The first-order valence-corrected chi connectivity index (χ1v) is 16.3. The number of nitrogens with one attached hydrogen (secondary N) is 1. The second-order valence-corrected chi connectivity index (χ2v) is 12.9. The molecule has 0 unspecified atom stereocenters. The Hall–Kier alpha value is -4.50. The lowest BCUT2D eigenvalue weighted by Crippen LogP contribution is -2.54. The second kappa shape index (κ2) is 14.3. The van der Waals surface area contributed by atoms with E-state index in [2.05, 4.69) is 5.32 Å². The van der Waals surface area contributed by atoms with Crippen LogP contribution in [-0.2, 0) is 32.6 Å². The summed E-state index contributed by atoms with van der Waals surface area (Å²) in [6, 6.07) is 30.8. The highest BCUT2D eigenvalue weighted by atomic mass is 32.2. The molecule has 1 N–H and O–H groups in total. The predicted molar refractivity (Wildman–Crippen MR) is 169 cm³/mol. The summed E-state index contributed by atoms with van der Waals surface area (Å²) in [5.74, 6) is -1.37. The average molecular weight is 614 g/mol. The summed E-state index contributed by atoms with van der Waals surface area (Å²) in [7, 11) is -4.28. The molecule has 1 aliphatic rings. The number of amides is 2. The van der Waals surface area contributed by atoms with Crippen LogP contribution in [0.5, 0.6) is 0 Å². The third-order valence-corrected chi connectivity index (χ3v) is 9.68. The van der Waals surface area contributed by atoms with Gasteiger partial charge < -0.3 is 10.2 Å². The Morgan fingerprint density at radius 2 is 1.32 bits per heavy atom. The highest BCUT2D eigenvalue weighted by Crippen LogP contribution is 2.25. The highest BCUT2D eigenvalue weighted by Gasteiger charge is 2.35. The normalized spacial score (nSPS) is 14.1. The molecule has 9 heteroatoms. The number of nitrogens with zero attached hydrogens (tertiary/aromatic N) is 2. The van der Waals surface area contributed by atoms with Crippen LogP contribution in [0.4, 0.5) is 10.1 Å². The maximum Gasteiger partial charge on any atom is 0.264 e. The molecule has 228 valence electrons. The maximum atomic E-state index is 14.4. The predicted octanol–water partition coefficient (Wildman–Crippen LogP) is 5.72. The minimum Gasteiger partial charge on any atom is -0.352 e. The van der Waals surface area contributed by atoms with Gasteiger partial charge in [0, 0.05) is 19.0 Å². The Kier molecular flexibility index (Phi) is 10.1. The number of para-hydroxylation sites is 1. The number of hydrogen-bond donors (Lipinski definition) is 1. The van der Waals surface area contributed by atoms with Crippen molar-refractivity contribution in [2.45, 2.75) is 55.6 Å². The topological polar surface area (TPSA) is 86.8 Å². The fourth-order valence-corrected chi connectivity index (χ4v) is 6.97. The number of anilines is 1. The average Bonchev–Trinajstić information content (AvgIpc) is 3.56. The van der Waals surface area contributed by atoms with Gasteiger partial charge in [-0.2, -0.15) is 0 Å². The van der Waals surface area contributed by atoms with Crippen molar-refractivity contribution in [2.75, 3.05) is 10.8 Å². The lowest BCUT2D eigenvalue weighted by Gasteiger charge is -2.34. The molecule has 1 aliphatic carbocycles. The fraction of sp³-hybridized carbons (Fsp3) is 0.257. The molecule has 1 saturated carbocycles. The van der Waals surface area contributed by atoms with Crippen LogP contribution < -0.4 is 9.62 Å². The summed E-state index contributed by atoms with van der Waals surface area (Å²) in [4.78, 5) is 29.7. The van der Waals surface area contributed by atoms with Crippen molar-refractivity contribution in [1.82, 2.24) is 10.2 Å². The van der Waals surface area contributed by atoms with Gasteiger partial charge in [-0.05, 0) is 60.4 Å². The van der Waals surface area contributed by atoms with E-state index in [0.717, 1.165) is 53.2 Å². The van der Waals surface area contributed by atoms with E-state index in [9.17, 15) is 22.4 Å². The number of carbonyl (C=O) groups excluding carboxylic acids is 2. The molecule has 44 heavy (non-hydrogen) atoms. The van der Waals surface area contributed by atoms with Crippen LogP contribution in [-0.4, -0.2) is 43.8 Å². The van der Waals surface area contributed by atoms with Gasteiger partial charge in [0.1, 0.15) is 18.4 Å². The van der Waals surface area contributed by atoms with Gasteiger partial charge in [-0.1, -0.05) is 91.7 Å². The molecule has 4 aromatic rings. The molecule has 4 aromatic carbocycles. The van der Waals surface area contributed by atoms with E-state index in [-0.39, 0.29) is 35.5 Å². The third kappa shape index (κ3) is 7.71. The van der Waals surface area contributed by atoms with E-state index in [4.69, 9.17) is 0 Å². The lowest BCUT2D eigenvalue weighted by molar-refractivity contribution is -0.140. The van der Waals surface area contributed by atoms with E-state index in [1.807, 2.05) is 60.7 Å². The van der Waals surface area contributed by atoms with Gasteiger partial charge in [-0.15, -0.1) is 0 Å². The van der Waals surface area contributed by atoms with Crippen LogP contribution in [0.15, 0.2) is 120 Å². The summed E-state index contributed by atoms with van der Waals surface area (Å²) in [6.45, 7) is -0.451. The highest BCUT2D eigenvalue weighted by molar-refractivity contribution is 7.92. The maximum absolute atomic E-state index is 14.4. The molecule has 0 radical (unpaired) electrons. The van der Waals surface area contributed by atoms with Gasteiger partial charge in [0.15, 0.2) is 0 Å². The molecule has 0 heterocycles. The first-order chi connectivity index (χ1) is 21.3. The zero-order valence-electron chi connectivity index (χ0n) is 24.4. The number of carbonyl (C=O) groups is 2. The molecular weight excluding hydrogens is 577 g/mol. The van der Waals surface area contributed by atoms with Gasteiger partial charge in [0.25, 0.3) is 10.0 Å². The largest absolute Gasteiger partial charge is 0.352 e. The molecule has 1 fully saturated rings. The summed E-state index contributed by atoms with van der Waals surface area (Å²) >= 11 is 0. The summed E-state index contributed by atoms with van der Waals surface area (Å²) in [6.07, 6.45) is 4.10. The van der Waals surface area contributed by atoms with E-state index < -0.39 is 34.3 Å². The molecule has 5 rings (SSSR count). The summed E-state index contributed by atoms with van der Waals surface area (Å²) in [5.41, 5.74) is 1.96. The number of sulfonamides is 1. The Morgan fingerprint density at radius 3 is 1.91 bits per heavy atom. The van der Waals surface area contributed by atoms with E-state index in [0.29, 0.717) is 0 Å². The van der Waals surface area contributed by atoms with Crippen molar-refractivity contribution in [1.29, 1.82) is 0 Å². The third-order valence-electron chi connectivity index (χ3n) is 7.89. The Balaban J connectivity index is 1.54. The Labute approximate surface area is 258 Å². The fourth-order valence-electron chi connectivity index (χ4n) is 5.56. The van der Waals surface area contributed by atoms with Crippen LogP contribution in [0.2, 0.25) is 0 Å². The Morgan fingerprint density at radius 1 is 0.773 bits per heavy atom. The number of rotatable bonds is 12. The molecule has 0 saturated heterocycles. The Bertz CT molecular complexity index is 1630. The summed E-state index contributed by atoms with van der Waals surface area (Å²) in [5, 5.41) is 3.17. The molecule has 7 nitrogen and oxygen atoms in total. The van der Waals surface area contributed by atoms with E-state index in [1.54, 1.807) is 30.3 Å². The van der Waals surface area contributed by atoms with Crippen LogP contribution in [0, 0.1) is 5.82 Å². The zero-order chi connectivity index (χ0) is 30.9. The monoisotopic (exact) mass is 613 g/mol. The van der Waals surface area contributed by atoms with Crippen LogP contribution >= 0.6 is 0 Å². The first kappa shape index (κ1) is 30.9. The molecule has 0 spiro atoms. The molecule has 0 aliphatic heterocycles. The minimum absolute atomic E-state index is 0.0362. The first-order valence-electron chi connectivity index (χ1n) is 14.8. The molecule has 1 atom stereocenters. The number of halogens is 1. The quantitative estimate of drug-likeness (QED) is 0.222. The number of benzene rings is 4. The van der Waals surface area contributed by atoms with Gasteiger partial charge in [0.05, 0.1) is 10.6 Å². The lowest BCUT2D eigenvalue weighted by atomic mass is 10.0. The van der Waals surface area contributed by atoms with Crippen molar-refractivity contribution in [2.24, 2.45) is 0 Å². The van der Waals surface area contributed by atoms with E-state index in [1.165, 1.54) is 17.0 Å². The van der Waals surface area contributed by atoms with E-state index >= 15 is 0 Å². The number of hydrogen-bond acceptors (Lipinski definition) is 4. The van der Waals surface area contributed by atoms with Crippen molar-refractivity contribution in [3.05, 3.63) is 132 Å². The zero-order valence-corrected chi connectivity index (χ0v) is 25.2. The van der Waals surface area contributed by atoms with Crippen molar-refractivity contribution >= 4 is 27.5 Å². The minimum atomic E-state index is -4.28. The molecule has 0 aromatic heterocycles. The van der Waals surface area contributed by atoms with Gasteiger partial charge in [0.2, 0.25) is 11.8 Å². The van der Waals surface area contributed by atoms with Crippen LogP contribution in [0.25, 0.3) is 0 Å². The van der Waals surface area contributed by atoms with Crippen molar-refractivity contribution in [3.8, 4) is 0 Å². The van der Waals surface area contributed by atoms with Gasteiger partial charge in [-0.25, -0.2) is 12.8 Å². The molecule has 0 bridgehead atoms. The van der Waals surface area contributed by atoms with Gasteiger partial charge >= 0.3 is 0 Å². The van der Waals surface area contributed by atoms with Crippen molar-refractivity contribution < 1.29 is 22.4 Å². The SMILES string of the molecule is O=C(NC1CCCC1)[C@H](Cc1ccccc1)N(Cc1ccccc1)C(=O)CN(c1ccccc1)S(=O)(=O)c1ccc(F)cc1. The van der Waals surface area contributed by atoms with Crippen molar-refractivity contribution in [3.63, 3.8) is 0 Å². The van der Waals surface area contributed by atoms with Crippen LogP contribution in [0.1, 0.15) is 36.8 Å². The van der Waals surface area contributed by atoms with Gasteiger partial charge in [-0.3, -0.25) is 13.9 Å².